The number of ether oxygens (including phenoxy) is 1. The summed E-state index contributed by atoms with van der Waals surface area (Å²) in [6.45, 7) is 1.86. The van der Waals surface area contributed by atoms with E-state index in [1.54, 1.807) is 11.1 Å². The number of aromatic nitrogens is 1. The van der Waals surface area contributed by atoms with E-state index in [0.29, 0.717) is 6.04 Å². The average molecular weight is 322 g/mol. The quantitative estimate of drug-likeness (QED) is 0.884. The number of hydrogen-bond acceptors (Lipinski definition) is 3. The lowest BCUT2D eigenvalue weighted by atomic mass is 10.0. The zero-order chi connectivity index (χ0) is 16.2. The first kappa shape index (κ1) is 15.6. The normalized spacial score (nSPS) is 19.4. The van der Waals surface area contributed by atoms with Crippen molar-refractivity contribution >= 4 is 0 Å². The molecule has 1 saturated heterocycles. The van der Waals surface area contributed by atoms with Crippen LogP contribution in [0.1, 0.15) is 41.5 Å². The summed E-state index contributed by atoms with van der Waals surface area (Å²) in [7, 11) is 0. The monoisotopic (exact) mass is 322 g/mol. The van der Waals surface area contributed by atoms with Crippen LogP contribution in [-0.2, 0) is 25.7 Å². The summed E-state index contributed by atoms with van der Waals surface area (Å²) in [6.07, 6.45) is 12.2. The molecule has 4 rings (SSSR count). The van der Waals surface area contributed by atoms with Gasteiger partial charge in [-0.1, -0.05) is 18.2 Å². The molecule has 3 nitrogen and oxygen atoms in total. The van der Waals surface area contributed by atoms with Crippen LogP contribution in [0.4, 0.5) is 0 Å². The number of aryl methyl sites for hydroxylation is 4. The molecule has 0 unspecified atom stereocenters. The van der Waals surface area contributed by atoms with Gasteiger partial charge in [0.05, 0.1) is 6.20 Å². The Morgan fingerprint density at radius 3 is 2.83 bits per heavy atom. The largest absolute Gasteiger partial charge is 0.490 e. The van der Waals surface area contributed by atoms with Crippen molar-refractivity contribution in [3.63, 3.8) is 0 Å². The van der Waals surface area contributed by atoms with Gasteiger partial charge in [0.25, 0.3) is 0 Å². The van der Waals surface area contributed by atoms with Crippen molar-refractivity contribution in [3.8, 4) is 5.75 Å². The second-order valence-electron chi connectivity index (χ2n) is 7.09. The van der Waals surface area contributed by atoms with Crippen LogP contribution in [0.25, 0.3) is 0 Å². The zero-order valence-corrected chi connectivity index (χ0v) is 14.3. The van der Waals surface area contributed by atoms with Gasteiger partial charge < -0.3 is 10.1 Å². The van der Waals surface area contributed by atoms with Crippen molar-refractivity contribution in [3.05, 3.63) is 58.9 Å². The number of rotatable bonds is 6. The van der Waals surface area contributed by atoms with Gasteiger partial charge in [0.1, 0.15) is 12.4 Å². The summed E-state index contributed by atoms with van der Waals surface area (Å²) >= 11 is 0. The van der Waals surface area contributed by atoms with Gasteiger partial charge in [0.2, 0.25) is 0 Å². The van der Waals surface area contributed by atoms with Crippen LogP contribution < -0.4 is 10.1 Å². The molecule has 1 fully saturated rings. The molecule has 126 valence electrons. The fourth-order valence-electron chi connectivity index (χ4n) is 3.84. The lowest BCUT2D eigenvalue weighted by molar-refractivity contribution is 0.276. The minimum Gasteiger partial charge on any atom is -0.490 e. The number of pyridine rings is 1. The van der Waals surface area contributed by atoms with Gasteiger partial charge in [-0.3, -0.25) is 4.98 Å². The van der Waals surface area contributed by atoms with Crippen molar-refractivity contribution < 1.29 is 4.74 Å². The Morgan fingerprint density at radius 2 is 1.92 bits per heavy atom. The molecule has 2 aromatic rings. The predicted octanol–water partition coefficient (Wildman–Crippen LogP) is 3.49. The minimum atomic E-state index is 0.500. The predicted molar refractivity (Wildman–Crippen MR) is 96.6 cm³/mol. The molecule has 2 aliphatic rings. The van der Waals surface area contributed by atoms with E-state index in [4.69, 9.17) is 4.74 Å². The first-order chi connectivity index (χ1) is 11.9. The highest BCUT2D eigenvalue weighted by atomic mass is 16.5. The maximum atomic E-state index is 5.92. The van der Waals surface area contributed by atoms with Crippen LogP contribution in [0.3, 0.4) is 0 Å². The van der Waals surface area contributed by atoms with Crippen molar-refractivity contribution in [2.75, 3.05) is 13.2 Å². The first-order valence-corrected chi connectivity index (χ1v) is 9.27. The van der Waals surface area contributed by atoms with Crippen LogP contribution in [0.5, 0.6) is 5.75 Å². The van der Waals surface area contributed by atoms with E-state index in [9.17, 15) is 0 Å². The van der Waals surface area contributed by atoms with Gasteiger partial charge >= 0.3 is 0 Å². The van der Waals surface area contributed by atoms with Crippen molar-refractivity contribution in [2.45, 2.75) is 51.0 Å². The Morgan fingerprint density at radius 1 is 1.00 bits per heavy atom. The van der Waals surface area contributed by atoms with Crippen LogP contribution in [0.15, 0.2) is 36.7 Å². The van der Waals surface area contributed by atoms with E-state index in [1.807, 2.05) is 12.4 Å². The van der Waals surface area contributed by atoms with Crippen molar-refractivity contribution in [1.82, 2.24) is 10.3 Å². The van der Waals surface area contributed by atoms with Gasteiger partial charge in [-0.05, 0) is 79.8 Å². The maximum Gasteiger partial charge on any atom is 0.137 e. The van der Waals surface area contributed by atoms with E-state index in [2.05, 4.69) is 34.6 Å². The Bertz CT molecular complexity index is 692. The first-order valence-electron chi connectivity index (χ1n) is 9.27. The smallest absolute Gasteiger partial charge is 0.137 e. The topological polar surface area (TPSA) is 34.1 Å². The summed E-state index contributed by atoms with van der Waals surface area (Å²) < 4.78 is 5.92. The molecule has 3 heteroatoms. The van der Waals surface area contributed by atoms with Gasteiger partial charge in [0, 0.05) is 12.2 Å². The van der Waals surface area contributed by atoms with Crippen molar-refractivity contribution in [2.24, 2.45) is 0 Å². The van der Waals surface area contributed by atoms with Gasteiger partial charge in [-0.25, -0.2) is 0 Å². The summed E-state index contributed by atoms with van der Waals surface area (Å²) in [5, 5.41) is 3.46. The molecule has 1 atom stereocenters. The highest BCUT2D eigenvalue weighted by molar-refractivity contribution is 5.36. The Labute approximate surface area is 144 Å². The van der Waals surface area contributed by atoms with E-state index >= 15 is 0 Å². The highest BCUT2D eigenvalue weighted by Gasteiger charge is 2.14. The molecule has 1 aliphatic carbocycles. The molecular weight excluding hydrogens is 296 g/mol. The van der Waals surface area contributed by atoms with E-state index in [1.165, 1.54) is 43.2 Å². The molecule has 0 bridgehead atoms. The molecule has 1 N–H and O–H groups in total. The summed E-state index contributed by atoms with van der Waals surface area (Å²) in [4.78, 5) is 4.35. The number of nitrogens with zero attached hydrogens (tertiary/aromatic N) is 1. The van der Waals surface area contributed by atoms with E-state index in [0.717, 1.165) is 31.7 Å². The number of fused-ring (bicyclic) bond motifs is 1. The summed E-state index contributed by atoms with van der Waals surface area (Å²) in [6, 6.07) is 9.67. The van der Waals surface area contributed by atoms with Gasteiger partial charge in [0.15, 0.2) is 0 Å². The van der Waals surface area contributed by atoms with Crippen molar-refractivity contribution in [1.29, 1.82) is 0 Å². The maximum absolute atomic E-state index is 5.92. The third-order valence-corrected chi connectivity index (χ3v) is 5.25. The lowest BCUT2D eigenvalue weighted by Crippen LogP contribution is -2.28. The molecule has 0 amide bonds. The van der Waals surface area contributed by atoms with Crippen LogP contribution in [0.2, 0.25) is 0 Å². The average Bonchev–Trinajstić information content (AvgIpc) is 3.29. The third-order valence-electron chi connectivity index (χ3n) is 5.25. The number of nitrogens with one attached hydrogen (secondary N) is 1. The molecule has 0 spiro atoms. The second kappa shape index (κ2) is 7.35. The van der Waals surface area contributed by atoms with Crippen LogP contribution >= 0.6 is 0 Å². The number of benzene rings is 1. The molecule has 0 saturated carbocycles. The highest BCUT2D eigenvalue weighted by Crippen LogP contribution is 2.23. The second-order valence-corrected chi connectivity index (χ2v) is 7.09. The van der Waals surface area contributed by atoms with Crippen LogP contribution in [0, 0.1) is 0 Å². The molecule has 1 aromatic carbocycles. The molecule has 1 aliphatic heterocycles. The Hall–Kier alpha value is -1.87. The Kier molecular flexibility index (Phi) is 4.79. The van der Waals surface area contributed by atoms with Gasteiger partial charge in [-0.2, -0.15) is 0 Å². The number of hydrogen-bond donors (Lipinski definition) is 1. The minimum absolute atomic E-state index is 0.500. The summed E-state index contributed by atoms with van der Waals surface area (Å²) in [5.41, 5.74) is 5.81. The fraction of sp³-hybridized carbons (Fsp3) is 0.476. The molecule has 1 aromatic heterocycles. The molecule has 24 heavy (non-hydrogen) atoms. The fourth-order valence-corrected chi connectivity index (χ4v) is 3.84. The molecule has 0 radical (unpaired) electrons. The van der Waals surface area contributed by atoms with E-state index in [-0.39, 0.29) is 0 Å². The van der Waals surface area contributed by atoms with E-state index < -0.39 is 0 Å². The Balaban J connectivity index is 1.33. The van der Waals surface area contributed by atoms with Crippen LogP contribution in [-0.4, -0.2) is 24.2 Å². The third kappa shape index (κ3) is 3.78. The lowest BCUT2D eigenvalue weighted by Gasteiger charge is -2.12. The summed E-state index contributed by atoms with van der Waals surface area (Å²) in [5.74, 6) is 0.898. The molecule has 2 heterocycles. The SMILES string of the molecule is c1cc2c(cc1CCc1cncc(OC[C@@H]3CCCN3)c1)CCC2. The van der Waals surface area contributed by atoms with Gasteiger partial charge in [-0.15, -0.1) is 0 Å². The zero-order valence-electron chi connectivity index (χ0n) is 14.3. The standard InChI is InChI=1S/C21H26N2O/c1-3-18-9-8-16(11-19(18)4-1)6-7-17-12-21(14-22-13-17)24-15-20-5-2-10-23-20/h8-9,11-14,20,23H,1-7,10,15H2/t20-/m0/s1. The molecular formula is C21H26N2O.